The van der Waals surface area contributed by atoms with Gasteiger partial charge in [0.1, 0.15) is 0 Å². The highest BCUT2D eigenvalue weighted by molar-refractivity contribution is 6.09. The first-order chi connectivity index (χ1) is 31.0. The van der Waals surface area contributed by atoms with Gasteiger partial charge in [0.2, 0.25) is 0 Å². The molecular formula is C59H44N4. The molecule has 0 unspecified atom stereocenters. The minimum atomic E-state index is 0.884. The zero-order chi connectivity index (χ0) is 42.6. The number of allylic oxidation sites excluding steroid dienone is 1. The maximum atomic E-state index is 5.50. The van der Waals surface area contributed by atoms with Gasteiger partial charge in [-0.1, -0.05) is 135 Å². The van der Waals surface area contributed by atoms with E-state index in [0.29, 0.717) is 0 Å². The van der Waals surface area contributed by atoms with Crippen molar-refractivity contribution >= 4 is 61.8 Å². The summed E-state index contributed by atoms with van der Waals surface area (Å²) in [7, 11) is 0. The topological polar surface area (TPSA) is 27.7 Å². The second-order valence-electron chi connectivity index (χ2n) is 16.1. The molecule has 0 atom stereocenters. The molecular weight excluding hydrogens is 765 g/mol. The highest BCUT2D eigenvalue weighted by Crippen LogP contribution is 2.38. The third kappa shape index (κ3) is 6.18. The smallest absolute Gasteiger partial charge is 0.0716 e. The van der Waals surface area contributed by atoms with Crippen LogP contribution in [-0.4, -0.2) is 18.7 Å². The van der Waals surface area contributed by atoms with E-state index in [4.69, 9.17) is 4.98 Å². The molecule has 0 aliphatic carbocycles. The first kappa shape index (κ1) is 37.8. The zero-order valence-electron chi connectivity index (χ0n) is 35.3. The van der Waals surface area contributed by atoms with Crippen molar-refractivity contribution < 1.29 is 0 Å². The van der Waals surface area contributed by atoms with Crippen LogP contribution in [0.4, 0.5) is 0 Å². The van der Waals surface area contributed by atoms with Crippen molar-refractivity contribution in [2.75, 3.05) is 0 Å². The Morgan fingerprint density at radius 3 is 1.40 bits per heavy atom. The largest absolute Gasteiger partial charge is 0.310 e. The molecule has 4 nitrogen and oxygen atoms in total. The maximum absolute atomic E-state index is 5.50. The Kier molecular flexibility index (Phi) is 9.21. The number of rotatable bonds is 9. The fourth-order valence-corrected chi connectivity index (χ4v) is 9.66. The average molecular weight is 809 g/mol. The van der Waals surface area contributed by atoms with Crippen LogP contribution in [0.25, 0.3) is 113 Å². The second kappa shape index (κ2) is 15.4. The first-order valence-corrected chi connectivity index (χ1v) is 21.5. The maximum Gasteiger partial charge on any atom is 0.0716 e. The van der Waals surface area contributed by atoms with E-state index in [1.807, 2.05) is 12.2 Å². The summed E-state index contributed by atoms with van der Waals surface area (Å²) in [4.78, 5) is 5.50. The Bertz CT molecular complexity index is 3590. The SMILES string of the molecule is C=Cc1c(C=C)n(-c2cccc(-c3cc(-c4cccc(-n5c6ccccc6c6ccccc65)c4)cc(-c4cccc(-n5c(/C=C\C)c(C)c6ccccc65)c4)n3)c2)c2ccccc12. The van der Waals surface area contributed by atoms with Crippen molar-refractivity contribution in [3.63, 3.8) is 0 Å². The zero-order valence-corrected chi connectivity index (χ0v) is 35.3. The summed E-state index contributed by atoms with van der Waals surface area (Å²) in [5.74, 6) is 0. The van der Waals surface area contributed by atoms with Crippen molar-refractivity contribution in [1.82, 2.24) is 18.7 Å². The molecule has 11 aromatic rings. The Morgan fingerprint density at radius 2 is 0.857 bits per heavy atom. The molecule has 0 radical (unpaired) electrons. The molecule has 0 spiro atoms. The summed E-state index contributed by atoms with van der Waals surface area (Å²) in [5, 5.41) is 4.87. The van der Waals surface area contributed by atoms with Gasteiger partial charge in [-0.15, -0.1) is 0 Å². The predicted octanol–water partition coefficient (Wildman–Crippen LogP) is 15.7. The van der Waals surface area contributed by atoms with E-state index in [0.717, 1.165) is 72.9 Å². The van der Waals surface area contributed by atoms with Crippen LogP contribution in [-0.2, 0) is 0 Å². The highest BCUT2D eigenvalue weighted by atomic mass is 15.0. The van der Waals surface area contributed by atoms with E-state index < -0.39 is 0 Å². The molecule has 0 saturated carbocycles. The number of aryl methyl sites for hydroxylation is 1. The standard InChI is InChI=1S/C59H44N4/c1-5-19-55-39(4)48-26-8-12-30-56(48)62(55)46-25-18-22-42(36-46)53-38-43(40-20-16-23-44(34-40)63-58-32-14-10-28-50(58)51-29-11-15-33-59(51)63)37-52(60-53)41-21-17-24-45(35-41)61-54(7-3)47(6-2)49-27-9-13-31-57(49)61/h5-38H,2-3H2,1,4H3/b19-5-. The van der Waals surface area contributed by atoms with E-state index in [2.05, 4.69) is 235 Å². The molecule has 300 valence electrons. The van der Waals surface area contributed by atoms with Crippen molar-refractivity contribution in [1.29, 1.82) is 0 Å². The Hall–Kier alpha value is -8.21. The van der Waals surface area contributed by atoms with Crippen LogP contribution in [0.15, 0.2) is 201 Å². The summed E-state index contributed by atoms with van der Waals surface area (Å²) in [6.45, 7) is 12.7. The lowest BCUT2D eigenvalue weighted by molar-refractivity contribution is 1.10. The quantitative estimate of drug-likeness (QED) is 0.143. The van der Waals surface area contributed by atoms with Gasteiger partial charge in [0.05, 0.1) is 39.1 Å². The lowest BCUT2D eigenvalue weighted by atomic mass is 9.99. The molecule has 7 aromatic carbocycles. The molecule has 0 aliphatic rings. The third-order valence-electron chi connectivity index (χ3n) is 12.5. The van der Waals surface area contributed by atoms with E-state index in [1.165, 1.54) is 44.0 Å². The molecule has 4 aromatic heterocycles. The third-order valence-corrected chi connectivity index (χ3v) is 12.5. The number of aromatic nitrogens is 4. The fourth-order valence-electron chi connectivity index (χ4n) is 9.66. The number of benzene rings is 7. The number of hydrogen-bond donors (Lipinski definition) is 0. The molecule has 11 rings (SSSR count). The van der Waals surface area contributed by atoms with Crippen molar-refractivity contribution in [2.45, 2.75) is 13.8 Å². The Morgan fingerprint density at radius 1 is 0.413 bits per heavy atom. The molecule has 63 heavy (non-hydrogen) atoms. The number of para-hydroxylation sites is 4. The van der Waals surface area contributed by atoms with Gasteiger partial charge >= 0.3 is 0 Å². The van der Waals surface area contributed by atoms with Crippen LogP contribution in [0.2, 0.25) is 0 Å². The van der Waals surface area contributed by atoms with Crippen LogP contribution in [0.3, 0.4) is 0 Å². The van der Waals surface area contributed by atoms with Gasteiger partial charge in [0.25, 0.3) is 0 Å². The van der Waals surface area contributed by atoms with Crippen molar-refractivity contribution in [2.24, 2.45) is 0 Å². The molecule has 0 bridgehead atoms. The second-order valence-corrected chi connectivity index (χ2v) is 16.1. The fraction of sp³-hybridized carbons (Fsp3) is 0.0339. The monoisotopic (exact) mass is 808 g/mol. The Balaban J connectivity index is 1.12. The van der Waals surface area contributed by atoms with Crippen molar-refractivity contribution in [3.05, 3.63) is 224 Å². The number of nitrogens with zero attached hydrogens (tertiary/aromatic N) is 4. The summed E-state index contributed by atoms with van der Waals surface area (Å²) >= 11 is 0. The van der Waals surface area contributed by atoms with Crippen LogP contribution < -0.4 is 0 Å². The van der Waals surface area contributed by atoms with E-state index in [9.17, 15) is 0 Å². The number of fused-ring (bicyclic) bond motifs is 5. The minimum absolute atomic E-state index is 0.884. The molecule has 0 aliphatic heterocycles. The normalized spacial score (nSPS) is 11.7. The van der Waals surface area contributed by atoms with Gasteiger partial charge in [-0.25, -0.2) is 4.98 Å². The van der Waals surface area contributed by atoms with E-state index in [1.54, 1.807) is 0 Å². The van der Waals surface area contributed by atoms with Gasteiger partial charge in [-0.3, -0.25) is 0 Å². The molecule has 4 heterocycles. The average Bonchev–Trinajstić information content (AvgIpc) is 3.96. The van der Waals surface area contributed by atoms with Crippen LogP contribution in [0, 0.1) is 6.92 Å². The number of hydrogen-bond acceptors (Lipinski definition) is 1. The van der Waals surface area contributed by atoms with Gasteiger partial charge in [-0.2, -0.15) is 0 Å². The molecule has 0 saturated heterocycles. The first-order valence-electron chi connectivity index (χ1n) is 21.5. The van der Waals surface area contributed by atoms with Crippen LogP contribution in [0.1, 0.15) is 29.4 Å². The summed E-state index contributed by atoms with van der Waals surface area (Å²) in [5.41, 5.74) is 18.4. The van der Waals surface area contributed by atoms with Gasteiger partial charge in [-0.05, 0) is 115 Å². The van der Waals surface area contributed by atoms with E-state index in [-0.39, 0.29) is 0 Å². The predicted molar refractivity (Wildman–Crippen MR) is 268 cm³/mol. The molecule has 0 amide bonds. The van der Waals surface area contributed by atoms with Crippen LogP contribution in [0.5, 0.6) is 0 Å². The molecule has 4 heteroatoms. The summed E-state index contributed by atoms with van der Waals surface area (Å²) in [6.07, 6.45) is 8.18. The summed E-state index contributed by atoms with van der Waals surface area (Å²) < 4.78 is 7.03. The van der Waals surface area contributed by atoms with Gasteiger partial charge < -0.3 is 13.7 Å². The van der Waals surface area contributed by atoms with E-state index >= 15 is 0 Å². The van der Waals surface area contributed by atoms with Crippen LogP contribution >= 0.6 is 0 Å². The molecule has 0 N–H and O–H groups in total. The minimum Gasteiger partial charge on any atom is -0.310 e. The molecule has 0 fully saturated rings. The lowest BCUT2D eigenvalue weighted by Crippen LogP contribution is -1.99. The van der Waals surface area contributed by atoms with Gasteiger partial charge in [0, 0.05) is 61.0 Å². The highest BCUT2D eigenvalue weighted by Gasteiger charge is 2.19. The Labute approximate surface area is 367 Å². The lowest BCUT2D eigenvalue weighted by Gasteiger charge is -2.15. The van der Waals surface area contributed by atoms with Gasteiger partial charge in [0.15, 0.2) is 0 Å². The van der Waals surface area contributed by atoms with Crippen molar-refractivity contribution in [3.8, 4) is 50.7 Å². The summed E-state index contributed by atoms with van der Waals surface area (Å²) in [6, 6.07) is 65.3. The number of pyridine rings is 1.